The van der Waals surface area contributed by atoms with Gasteiger partial charge in [0.1, 0.15) is 75.4 Å². The van der Waals surface area contributed by atoms with Crippen LogP contribution in [0.1, 0.15) is 0 Å². The molecule has 0 spiro atoms. The summed E-state index contributed by atoms with van der Waals surface area (Å²) in [5, 5.41) is -2.97. The predicted molar refractivity (Wildman–Crippen MR) is 175 cm³/mol. The highest BCUT2D eigenvalue weighted by Crippen LogP contribution is 2.46. The molecule has 4 rings (SSSR count). The molecule has 0 nitrogen and oxygen atoms in total. The summed E-state index contributed by atoms with van der Waals surface area (Å²) in [5.41, 5.74) is -2.78. The molecule has 0 N–H and O–H groups in total. The molecule has 0 fully saturated rings. The molecule has 0 aliphatic rings. The maximum atomic E-state index is 13.6. The second-order valence-corrected chi connectivity index (χ2v) is 30.2. The SMILES string of the molecule is C[Si](C)(C)I.Fc1cc(F)c(P(Cl)c2c(F)cc(F)cc2F)c(F)c1.Fc1cc(F)c(P(I)c2c(F)cc(F)cc2F)c(F)c1. The van der Waals surface area contributed by atoms with E-state index in [0.717, 1.165) is 0 Å². The fourth-order valence-corrected chi connectivity index (χ4v) is 9.31. The summed E-state index contributed by atoms with van der Waals surface area (Å²) in [6, 6.07) is 3.06. The molecule has 0 saturated heterocycles. The summed E-state index contributed by atoms with van der Waals surface area (Å²) in [6.07, 6.45) is 0. The molecule has 0 heterocycles. The number of hydrogen-bond acceptors (Lipinski definition) is 0. The van der Waals surface area contributed by atoms with Gasteiger partial charge in [0.15, 0.2) is 0 Å². The smallest absolute Gasteiger partial charge is 0.138 e. The summed E-state index contributed by atoms with van der Waals surface area (Å²) in [4.78, 5) is 0. The van der Waals surface area contributed by atoms with Crippen LogP contribution in [0.5, 0.6) is 0 Å². The van der Waals surface area contributed by atoms with E-state index in [4.69, 9.17) is 11.2 Å². The molecule has 18 heteroatoms. The fourth-order valence-electron chi connectivity index (χ4n) is 3.11. The van der Waals surface area contributed by atoms with E-state index < -0.39 is 109 Å². The zero-order valence-corrected chi connectivity index (χ0v) is 30.5. The van der Waals surface area contributed by atoms with Gasteiger partial charge in [-0.15, -0.1) is 21.8 Å². The first-order valence-electron chi connectivity index (χ1n) is 11.8. The highest BCUT2D eigenvalue weighted by Gasteiger charge is 2.28. The van der Waals surface area contributed by atoms with E-state index in [1.807, 2.05) is 0 Å². The molecule has 4 aromatic carbocycles. The average Bonchev–Trinajstić information content (AvgIpc) is 2.80. The molecule has 4 aromatic rings. The quantitative estimate of drug-likeness (QED) is 0.0629. The van der Waals surface area contributed by atoms with Gasteiger partial charge in [-0.25, -0.2) is 52.7 Å². The summed E-state index contributed by atoms with van der Waals surface area (Å²) < 4.78 is 160. The Kier molecular flexibility index (Phi) is 15.0. The Labute approximate surface area is 283 Å². The van der Waals surface area contributed by atoms with Gasteiger partial charge in [0, 0.05) is 54.1 Å². The highest BCUT2D eigenvalue weighted by molar-refractivity contribution is 14.2. The van der Waals surface area contributed by atoms with Crippen molar-refractivity contribution in [3.63, 3.8) is 0 Å². The van der Waals surface area contributed by atoms with E-state index in [0.29, 0.717) is 48.5 Å². The van der Waals surface area contributed by atoms with Crippen molar-refractivity contribution in [3.05, 3.63) is 118 Å². The molecule has 0 saturated carbocycles. The number of rotatable bonds is 4. The van der Waals surface area contributed by atoms with E-state index in [1.54, 1.807) is 0 Å². The van der Waals surface area contributed by atoms with Crippen LogP contribution < -0.4 is 21.2 Å². The van der Waals surface area contributed by atoms with E-state index in [9.17, 15) is 52.7 Å². The van der Waals surface area contributed by atoms with Crippen LogP contribution in [0.3, 0.4) is 0 Å². The fraction of sp³-hybridized carbons (Fsp3) is 0.111. The maximum Gasteiger partial charge on any atom is 0.138 e. The molecule has 0 atom stereocenters. The van der Waals surface area contributed by atoms with Crippen molar-refractivity contribution in [2.45, 2.75) is 19.6 Å². The first-order valence-corrected chi connectivity index (χ1v) is 24.8. The van der Waals surface area contributed by atoms with Crippen LogP contribution in [-0.2, 0) is 0 Å². The molecule has 0 unspecified atom stereocenters. The Hall–Kier alpha value is -1.13. The van der Waals surface area contributed by atoms with Gasteiger partial charge in [-0.2, -0.15) is 0 Å². The van der Waals surface area contributed by atoms with Crippen molar-refractivity contribution in [2.24, 2.45) is 0 Å². The minimum Gasteiger partial charge on any atom is -0.207 e. The number of halogens is 15. The van der Waals surface area contributed by atoms with Crippen molar-refractivity contribution < 1.29 is 52.7 Å². The largest absolute Gasteiger partial charge is 0.207 e. The summed E-state index contributed by atoms with van der Waals surface area (Å²) >= 11 is 9.69. The molecule has 0 aromatic heterocycles. The molecule has 0 aliphatic carbocycles. The molecule has 0 amide bonds. The second kappa shape index (κ2) is 16.8. The second-order valence-electron chi connectivity index (χ2n) is 9.50. The number of benzene rings is 4. The van der Waals surface area contributed by atoms with Gasteiger partial charge < -0.3 is 0 Å². The average molecular weight is 949 g/mol. The van der Waals surface area contributed by atoms with Crippen LogP contribution in [0.2, 0.25) is 19.6 Å². The van der Waals surface area contributed by atoms with Gasteiger partial charge in [-0.1, -0.05) is 30.9 Å². The van der Waals surface area contributed by atoms with Crippen LogP contribution in [0, 0.1) is 69.8 Å². The van der Waals surface area contributed by atoms with Crippen LogP contribution >= 0.6 is 67.9 Å². The van der Waals surface area contributed by atoms with Crippen LogP contribution in [0.4, 0.5) is 52.7 Å². The van der Waals surface area contributed by atoms with Gasteiger partial charge in [-0.05, 0) is 22.0 Å². The van der Waals surface area contributed by atoms with Gasteiger partial charge >= 0.3 is 0 Å². The standard InChI is InChI=1S/C12H4ClF6P.C12H4F6IP.C3H9ISi/c13-20(11-7(16)1-5(14)2-8(11)17)12-9(18)3-6(15)4-10(12)19;13-5-1-7(15)11(8(16)2-5)20(19)12-9(17)3-6(14)4-10(12)18;1-5(2,3)4/h2*1-4H;1-3H3. The Morgan fingerprint density at radius 3 is 0.778 bits per heavy atom. The minimum atomic E-state index is -2.64. The normalized spacial score (nSPS) is 11.3. The van der Waals surface area contributed by atoms with Gasteiger partial charge in [-0.3, -0.25) is 0 Å². The number of hydrogen-bond donors (Lipinski definition) is 0. The van der Waals surface area contributed by atoms with E-state index in [1.165, 1.54) is 22.0 Å². The molecular weight excluding hydrogens is 932 g/mol. The van der Waals surface area contributed by atoms with Gasteiger partial charge in [0.25, 0.3) is 0 Å². The van der Waals surface area contributed by atoms with E-state index >= 15 is 0 Å². The summed E-state index contributed by atoms with van der Waals surface area (Å²) in [7, 11) is -2.64. The highest BCUT2D eigenvalue weighted by atomic mass is 127. The monoisotopic (exact) mass is 948 g/mol. The van der Waals surface area contributed by atoms with E-state index in [2.05, 4.69) is 41.4 Å². The molecule has 0 bridgehead atoms. The molecule has 244 valence electrons. The Morgan fingerprint density at radius 1 is 0.444 bits per heavy atom. The Bertz CT molecular complexity index is 1360. The Morgan fingerprint density at radius 2 is 0.600 bits per heavy atom. The minimum absolute atomic E-state index is 0.343. The first kappa shape index (κ1) is 40.0. The van der Waals surface area contributed by atoms with Crippen molar-refractivity contribution in [3.8, 4) is 0 Å². The van der Waals surface area contributed by atoms with Crippen LogP contribution in [0.25, 0.3) is 0 Å². The first-order chi connectivity index (χ1) is 20.6. The summed E-state index contributed by atoms with van der Waals surface area (Å²) in [5.74, 6) is -15.1. The lowest BCUT2D eigenvalue weighted by molar-refractivity contribution is 0.550. The van der Waals surface area contributed by atoms with Gasteiger partial charge in [0.05, 0.1) is 28.5 Å². The third-order valence-corrected chi connectivity index (χ3v) is 11.9. The van der Waals surface area contributed by atoms with Crippen molar-refractivity contribution in [1.82, 2.24) is 0 Å². The maximum absolute atomic E-state index is 13.6. The van der Waals surface area contributed by atoms with E-state index in [-0.39, 0.29) is 0 Å². The van der Waals surface area contributed by atoms with Crippen molar-refractivity contribution in [2.75, 3.05) is 0 Å². The topological polar surface area (TPSA) is 0 Å². The van der Waals surface area contributed by atoms with Crippen molar-refractivity contribution in [1.29, 1.82) is 0 Å². The lowest BCUT2D eigenvalue weighted by Crippen LogP contribution is -2.21. The molecule has 0 aliphatic heterocycles. The lowest BCUT2D eigenvalue weighted by atomic mass is 10.3. The predicted octanol–water partition coefficient (Wildman–Crippen LogP) is 10.7. The lowest BCUT2D eigenvalue weighted by Gasteiger charge is -2.14. The zero-order valence-electron chi connectivity index (χ0n) is 22.7. The van der Waals surface area contributed by atoms with Crippen LogP contribution in [0.15, 0.2) is 48.5 Å². The van der Waals surface area contributed by atoms with Gasteiger partial charge in [0.2, 0.25) is 0 Å². The molecule has 45 heavy (non-hydrogen) atoms. The van der Waals surface area contributed by atoms with Crippen LogP contribution in [-0.4, -0.2) is 5.57 Å². The third kappa shape index (κ3) is 11.5. The zero-order chi connectivity index (χ0) is 34.5. The Balaban J connectivity index is 0.000000273. The molecular formula is C27H17ClF12I2P2Si. The summed E-state index contributed by atoms with van der Waals surface area (Å²) in [6.45, 7) is 6.94. The molecule has 0 radical (unpaired) electrons. The third-order valence-electron chi connectivity index (χ3n) is 4.71. The van der Waals surface area contributed by atoms with Crippen molar-refractivity contribution >= 4 is 94.7 Å².